The van der Waals surface area contributed by atoms with Crippen LogP contribution >= 0.6 is 15.9 Å². The minimum atomic E-state index is 0.358. The molecule has 0 N–H and O–H groups in total. The molecule has 1 saturated carbocycles. The van der Waals surface area contributed by atoms with Crippen LogP contribution in [0.5, 0.6) is 5.75 Å². The molecule has 1 aliphatic rings. The first-order valence-corrected chi connectivity index (χ1v) is 8.17. The third-order valence-electron chi connectivity index (χ3n) is 4.01. The van der Waals surface area contributed by atoms with Gasteiger partial charge in [0.25, 0.3) is 0 Å². The van der Waals surface area contributed by atoms with Crippen LogP contribution < -0.4 is 4.74 Å². The second-order valence-corrected chi connectivity index (χ2v) is 6.10. The third-order valence-corrected chi connectivity index (χ3v) is 5.20. The van der Waals surface area contributed by atoms with E-state index < -0.39 is 0 Å². The number of hydrogen-bond donors (Lipinski definition) is 0. The summed E-state index contributed by atoms with van der Waals surface area (Å²) in [6.07, 6.45) is 6.64. The molecule has 0 radical (unpaired) electrons. The van der Waals surface area contributed by atoms with E-state index in [2.05, 4.69) is 22.0 Å². The van der Waals surface area contributed by atoms with Crippen LogP contribution in [0, 0.1) is 5.41 Å². The van der Waals surface area contributed by atoms with E-state index in [0.717, 1.165) is 17.7 Å². The van der Waals surface area contributed by atoms with Crippen molar-refractivity contribution >= 4 is 15.9 Å². The van der Waals surface area contributed by atoms with Crippen molar-refractivity contribution in [3.63, 3.8) is 0 Å². The van der Waals surface area contributed by atoms with Gasteiger partial charge in [0.2, 0.25) is 0 Å². The van der Waals surface area contributed by atoms with Crippen LogP contribution in [0.1, 0.15) is 37.7 Å². The van der Waals surface area contributed by atoms with Crippen molar-refractivity contribution in [1.29, 1.82) is 0 Å². The van der Waals surface area contributed by atoms with E-state index in [0.29, 0.717) is 12.0 Å². The summed E-state index contributed by atoms with van der Waals surface area (Å²) in [5.74, 6) is 0.897. The summed E-state index contributed by atoms with van der Waals surface area (Å²) in [5, 5.41) is 1.05. The quantitative estimate of drug-likeness (QED) is 0.713. The topological polar surface area (TPSA) is 18.5 Å². The highest BCUT2D eigenvalue weighted by molar-refractivity contribution is 9.09. The highest BCUT2D eigenvalue weighted by atomic mass is 79.9. The van der Waals surface area contributed by atoms with Crippen molar-refractivity contribution in [3.8, 4) is 5.75 Å². The number of benzene rings is 1. The van der Waals surface area contributed by atoms with E-state index >= 15 is 0 Å². The molecule has 3 heteroatoms. The lowest BCUT2D eigenvalue weighted by molar-refractivity contribution is 0.0256. The zero-order chi connectivity index (χ0) is 13.6. The Kier molecular flexibility index (Phi) is 5.71. The standard InChI is InChI=1S/C16H23BrO2/c1-18-15-7-5-6-14(10-15)11-19-13-16(12-17)8-3-2-4-9-16/h5-7,10H,2-4,8-9,11-13H2,1H3. The number of methoxy groups -OCH3 is 1. The number of alkyl halides is 1. The van der Waals surface area contributed by atoms with Gasteiger partial charge in [-0.25, -0.2) is 0 Å². The van der Waals surface area contributed by atoms with E-state index in [1.807, 2.05) is 18.2 Å². The van der Waals surface area contributed by atoms with Gasteiger partial charge in [0.1, 0.15) is 5.75 Å². The van der Waals surface area contributed by atoms with Gasteiger partial charge in [-0.2, -0.15) is 0 Å². The molecule has 0 spiro atoms. The minimum absolute atomic E-state index is 0.358. The maximum Gasteiger partial charge on any atom is 0.119 e. The molecular weight excluding hydrogens is 304 g/mol. The second-order valence-electron chi connectivity index (χ2n) is 5.54. The molecule has 2 nitrogen and oxygen atoms in total. The van der Waals surface area contributed by atoms with E-state index in [4.69, 9.17) is 9.47 Å². The van der Waals surface area contributed by atoms with E-state index in [1.165, 1.54) is 37.7 Å². The minimum Gasteiger partial charge on any atom is -0.497 e. The van der Waals surface area contributed by atoms with Gasteiger partial charge >= 0.3 is 0 Å². The molecule has 2 rings (SSSR count). The lowest BCUT2D eigenvalue weighted by atomic mass is 9.76. The Hall–Kier alpha value is -0.540. The van der Waals surface area contributed by atoms with Crippen LogP contribution in [0.3, 0.4) is 0 Å². The molecule has 0 saturated heterocycles. The average Bonchev–Trinajstić information content (AvgIpc) is 2.48. The Labute approximate surface area is 124 Å². The Bertz CT molecular complexity index is 386. The van der Waals surface area contributed by atoms with Crippen molar-refractivity contribution < 1.29 is 9.47 Å². The average molecular weight is 327 g/mol. The molecule has 0 heterocycles. The second kappa shape index (κ2) is 7.30. The van der Waals surface area contributed by atoms with Gasteiger partial charge in [-0.05, 0) is 30.5 Å². The van der Waals surface area contributed by atoms with Crippen LogP contribution in [0.2, 0.25) is 0 Å². The van der Waals surface area contributed by atoms with Gasteiger partial charge < -0.3 is 9.47 Å². The van der Waals surface area contributed by atoms with Crippen molar-refractivity contribution in [2.24, 2.45) is 5.41 Å². The molecule has 1 aliphatic carbocycles. The summed E-state index contributed by atoms with van der Waals surface area (Å²) in [6, 6.07) is 8.11. The number of halogens is 1. The molecule has 1 aromatic carbocycles. The molecule has 0 atom stereocenters. The third kappa shape index (κ3) is 4.22. The monoisotopic (exact) mass is 326 g/mol. The number of hydrogen-bond acceptors (Lipinski definition) is 2. The molecule has 0 aliphatic heterocycles. The Morgan fingerprint density at radius 3 is 2.68 bits per heavy atom. The molecule has 1 fully saturated rings. The van der Waals surface area contributed by atoms with Crippen LogP contribution in [-0.2, 0) is 11.3 Å². The van der Waals surface area contributed by atoms with Gasteiger partial charge in [-0.1, -0.05) is 47.3 Å². The summed E-state index contributed by atoms with van der Waals surface area (Å²) >= 11 is 3.68. The molecule has 19 heavy (non-hydrogen) atoms. The smallest absolute Gasteiger partial charge is 0.119 e. The van der Waals surface area contributed by atoms with Crippen LogP contribution in [0.25, 0.3) is 0 Å². The van der Waals surface area contributed by atoms with Gasteiger partial charge in [0.05, 0.1) is 20.3 Å². The lowest BCUT2D eigenvalue weighted by Gasteiger charge is -2.35. The van der Waals surface area contributed by atoms with E-state index in [-0.39, 0.29) is 0 Å². The largest absolute Gasteiger partial charge is 0.497 e. The highest BCUT2D eigenvalue weighted by Gasteiger charge is 2.31. The molecule has 0 amide bonds. The summed E-state index contributed by atoms with van der Waals surface area (Å²) in [5.41, 5.74) is 1.54. The van der Waals surface area contributed by atoms with Gasteiger partial charge in [-0.15, -0.1) is 0 Å². The highest BCUT2D eigenvalue weighted by Crippen LogP contribution is 2.38. The maximum absolute atomic E-state index is 5.97. The summed E-state index contributed by atoms with van der Waals surface area (Å²) in [6.45, 7) is 1.53. The zero-order valence-corrected chi connectivity index (χ0v) is 13.2. The summed E-state index contributed by atoms with van der Waals surface area (Å²) in [4.78, 5) is 0. The van der Waals surface area contributed by atoms with Crippen LogP contribution in [0.4, 0.5) is 0 Å². The van der Waals surface area contributed by atoms with Crippen molar-refractivity contribution in [3.05, 3.63) is 29.8 Å². The Morgan fingerprint density at radius 1 is 1.21 bits per heavy atom. The summed E-state index contributed by atoms with van der Waals surface area (Å²) < 4.78 is 11.2. The molecule has 0 aromatic heterocycles. The van der Waals surface area contributed by atoms with E-state index in [9.17, 15) is 0 Å². The molecule has 1 aromatic rings. The van der Waals surface area contributed by atoms with Crippen molar-refractivity contribution in [2.45, 2.75) is 38.7 Å². The fourth-order valence-corrected chi connectivity index (χ4v) is 3.49. The Balaban J connectivity index is 1.84. The normalized spacial score (nSPS) is 18.2. The van der Waals surface area contributed by atoms with Crippen molar-refractivity contribution in [2.75, 3.05) is 19.0 Å². The molecule has 0 bridgehead atoms. The van der Waals surface area contributed by atoms with Gasteiger partial charge in [-0.3, -0.25) is 0 Å². The molecule has 106 valence electrons. The van der Waals surface area contributed by atoms with E-state index in [1.54, 1.807) is 7.11 Å². The summed E-state index contributed by atoms with van der Waals surface area (Å²) in [7, 11) is 1.70. The lowest BCUT2D eigenvalue weighted by Crippen LogP contribution is -2.31. The first-order chi connectivity index (χ1) is 9.28. The Morgan fingerprint density at radius 2 is 2.00 bits per heavy atom. The number of ether oxygens (including phenoxy) is 2. The van der Waals surface area contributed by atoms with Gasteiger partial charge in [0, 0.05) is 10.7 Å². The molecule has 0 unspecified atom stereocenters. The zero-order valence-electron chi connectivity index (χ0n) is 11.7. The van der Waals surface area contributed by atoms with Crippen LogP contribution in [-0.4, -0.2) is 19.0 Å². The van der Waals surface area contributed by atoms with Crippen LogP contribution in [0.15, 0.2) is 24.3 Å². The first-order valence-electron chi connectivity index (χ1n) is 7.05. The molecular formula is C16H23BrO2. The fourth-order valence-electron chi connectivity index (χ4n) is 2.77. The maximum atomic E-state index is 5.97. The predicted octanol–water partition coefficient (Wildman–Crippen LogP) is 4.56. The van der Waals surface area contributed by atoms with Crippen molar-refractivity contribution in [1.82, 2.24) is 0 Å². The van der Waals surface area contributed by atoms with Gasteiger partial charge in [0.15, 0.2) is 0 Å². The number of rotatable bonds is 6. The fraction of sp³-hybridized carbons (Fsp3) is 0.625. The first kappa shape index (κ1) is 14.9. The predicted molar refractivity (Wildman–Crippen MR) is 82.0 cm³/mol. The SMILES string of the molecule is COc1cccc(COCC2(CBr)CCCCC2)c1.